The van der Waals surface area contributed by atoms with Gasteiger partial charge in [0.15, 0.2) is 4.34 Å². The zero-order valence-electron chi connectivity index (χ0n) is 12.5. The lowest BCUT2D eigenvalue weighted by Crippen LogP contribution is -2.50. The van der Waals surface area contributed by atoms with Gasteiger partial charge >= 0.3 is 6.18 Å². The number of anilines is 2. The largest absolute Gasteiger partial charge is 0.409 e. The number of carbonyl (C=O) groups excluding carboxylic acids is 2. The third-order valence-corrected chi connectivity index (χ3v) is 5.28. The van der Waals surface area contributed by atoms with E-state index in [0.29, 0.717) is 9.24 Å². The molecule has 0 saturated carbocycles. The lowest BCUT2D eigenvalue weighted by molar-refractivity contribution is -0.157. The van der Waals surface area contributed by atoms with Crippen LogP contribution >= 0.6 is 23.1 Å². The van der Waals surface area contributed by atoms with Crippen molar-refractivity contribution >= 4 is 46.3 Å². The first-order valence-corrected chi connectivity index (χ1v) is 8.89. The second kappa shape index (κ2) is 7.00. The number of amides is 2. The SMILES string of the molecule is O=C1CC(C(F)(F)F)N(C(=O)CSc2nncs2)c2ccccc2N1. The van der Waals surface area contributed by atoms with Crippen LogP contribution in [0.4, 0.5) is 24.5 Å². The first-order chi connectivity index (χ1) is 11.9. The molecule has 3 rings (SSSR count). The maximum Gasteiger partial charge on any atom is 0.409 e. The van der Waals surface area contributed by atoms with Gasteiger partial charge < -0.3 is 5.32 Å². The molecule has 0 bridgehead atoms. The molecule has 25 heavy (non-hydrogen) atoms. The van der Waals surface area contributed by atoms with E-state index >= 15 is 0 Å². The fourth-order valence-electron chi connectivity index (χ4n) is 2.41. The predicted octanol–water partition coefficient (Wildman–Crippen LogP) is 2.94. The van der Waals surface area contributed by atoms with Crippen LogP contribution in [-0.4, -0.2) is 40.0 Å². The summed E-state index contributed by atoms with van der Waals surface area (Å²) >= 11 is 2.19. The molecule has 2 aromatic rings. The smallest absolute Gasteiger partial charge is 0.324 e. The third-order valence-electron chi connectivity index (χ3n) is 3.43. The Bertz CT molecular complexity index is 783. The monoisotopic (exact) mass is 388 g/mol. The fraction of sp³-hybridized carbons (Fsp3) is 0.286. The van der Waals surface area contributed by atoms with E-state index in [0.717, 1.165) is 11.8 Å². The minimum Gasteiger partial charge on any atom is -0.324 e. The molecule has 0 radical (unpaired) electrons. The number of rotatable bonds is 3. The number of hydrogen-bond donors (Lipinski definition) is 1. The second-order valence-corrected chi connectivity index (χ2v) is 7.14. The van der Waals surface area contributed by atoms with Gasteiger partial charge in [0, 0.05) is 0 Å². The van der Waals surface area contributed by atoms with Crippen molar-refractivity contribution in [1.82, 2.24) is 10.2 Å². The van der Waals surface area contributed by atoms with Crippen molar-refractivity contribution in [3.63, 3.8) is 0 Å². The lowest BCUT2D eigenvalue weighted by Gasteiger charge is -2.31. The maximum atomic E-state index is 13.5. The number of halogens is 3. The van der Waals surface area contributed by atoms with E-state index in [9.17, 15) is 22.8 Å². The topological polar surface area (TPSA) is 75.2 Å². The van der Waals surface area contributed by atoms with Crippen molar-refractivity contribution in [2.24, 2.45) is 0 Å². The number of carbonyl (C=O) groups is 2. The highest BCUT2D eigenvalue weighted by Crippen LogP contribution is 2.38. The first-order valence-electron chi connectivity index (χ1n) is 7.03. The molecule has 1 aromatic carbocycles. The number of para-hydroxylation sites is 2. The molecule has 2 heterocycles. The average molecular weight is 388 g/mol. The van der Waals surface area contributed by atoms with E-state index in [1.54, 1.807) is 6.07 Å². The van der Waals surface area contributed by atoms with Crippen molar-refractivity contribution in [2.45, 2.75) is 23.0 Å². The van der Waals surface area contributed by atoms with Gasteiger partial charge in [-0.2, -0.15) is 13.2 Å². The van der Waals surface area contributed by atoms with E-state index in [-0.39, 0.29) is 17.1 Å². The molecule has 2 amide bonds. The predicted molar refractivity (Wildman–Crippen MR) is 87.7 cm³/mol. The zero-order chi connectivity index (χ0) is 18.0. The van der Waals surface area contributed by atoms with E-state index in [1.807, 2.05) is 0 Å². The van der Waals surface area contributed by atoms with E-state index < -0.39 is 30.5 Å². The minimum atomic E-state index is -4.74. The number of hydrogen-bond acceptors (Lipinski definition) is 6. The molecular weight excluding hydrogens is 377 g/mol. The van der Waals surface area contributed by atoms with Crippen molar-refractivity contribution in [3.8, 4) is 0 Å². The molecule has 11 heteroatoms. The van der Waals surface area contributed by atoms with Gasteiger partial charge in [0.25, 0.3) is 0 Å². The molecule has 6 nitrogen and oxygen atoms in total. The molecule has 1 atom stereocenters. The summed E-state index contributed by atoms with van der Waals surface area (Å²) in [6.45, 7) is 0. The Kier molecular flexibility index (Phi) is 4.95. The summed E-state index contributed by atoms with van der Waals surface area (Å²) in [4.78, 5) is 25.1. The molecule has 0 aliphatic carbocycles. The number of thioether (sulfide) groups is 1. The summed E-state index contributed by atoms with van der Waals surface area (Å²) in [5.41, 5.74) is 1.67. The first kappa shape index (κ1) is 17.7. The highest BCUT2D eigenvalue weighted by Gasteiger charge is 2.48. The van der Waals surface area contributed by atoms with Gasteiger partial charge in [-0.3, -0.25) is 14.5 Å². The Hall–Kier alpha value is -2.14. The molecule has 1 aliphatic heterocycles. The van der Waals surface area contributed by atoms with Crippen LogP contribution in [0.5, 0.6) is 0 Å². The summed E-state index contributed by atoms with van der Waals surface area (Å²) in [5, 5.41) is 9.78. The molecule has 0 fully saturated rings. The van der Waals surface area contributed by atoms with Crippen molar-refractivity contribution in [2.75, 3.05) is 16.0 Å². The number of aromatic nitrogens is 2. The number of alkyl halides is 3. The van der Waals surface area contributed by atoms with Crippen LogP contribution in [0, 0.1) is 0 Å². The molecule has 132 valence electrons. The maximum absolute atomic E-state index is 13.5. The molecule has 1 N–H and O–H groups in total. The van der Waals surface area contributed by atoms with Gasteiger partial charge in [0.2, 0.25) is 11.8 Å². The zero-order valence-corrected chi connectivity index (χ0v) is 14.1. The van der Waals surface area contributed by atoms with E-state index in [1.165, 1.54) is 35.0 Å². The normalized spacial score (nSPS) is 17.6. The molecule has 0 saturated heterocycles. The lowest BCUT2D eigenvalue weighted by atomic mass is 10.1. The number of fused-ring (bicyclic) bond motifs is 1. The van der Waals surface area contributed by atoms with E-state index in [4.69, 9.17) is 0 Å². The highest BCUT2D eigenvalue weighted by atomic mass is 32.2. The standard InChI is InChI=1S/C14H11F3N4O2S2/c15-14(16,17)10-5-11(22)19-8-3-1-2-4-9(8)21(10)12(23)6-24-13-20-18-7-25-13/h1-4,7,10H,5-6H2,(H,19,22). The summed E-state index contributed by atoms with van der Waals surface area (Å²) in [6.07, 6.45) is -5.59. The van der Waals surface area contributed by atoms with Gasteiger partial charge in [-0.05, 0) is 12.1 Å². The third kappa shape index (κ3) is 3.93. The van der Waals surface area contributed by atoms with Crippen LogP contribution in [0.3, 0.4) is 0 Å². The van der Waals surface area contributed by atoms with Gasteiger partial charge in [-0.1, -0.05) is 35.2 Å². The highest BCUT2D eigenvalue weighted by molar-refractivity contribution is 8.01. The van der Waals surface area contributed by atoms with E-state index in [2.05, 4.69) is 15.5 Å². The Morgan fingerprint density at radius 1 is 1.40 bits per heavy atom. The second-order valence-electron chi connectivity index (χ2n) is 5.08. The number of nitrogens with one attached hydrogen (secondary N) is 1. The molecule has 1 aliphatic rings. The fourth-order valence-corrected chi connectivity index (χ4v) is 3.76. The Labute approximate surface area is 148 Å². The van der Waals surface area contributed by atoms with Crippen molar-refractivity contribution in [3.05, 3.63) is 29.8 Å². The van der Waals surface area contributed by atoms with Gasteiger partial charge in [-0.25, -0.2) is 0 Å². The van der Waals surface area contributed by atoms with Crippen LogP contribution in [0.15, 0.2) is 34.1 Å². The quantitative estimate of drug-likeness (QED) is 0.819. The van der Waals surface area contributed by atoms with Crippen LogP contribution in [0.2, 0.25) is 0 Å². The number of nitrogens with zero attached hydrogens (tertiary/aromatic N) is 3. The number of benzene rings is 1. The van der Waals surface area contributed by atoms with Crippen LogP contribution in [0.1, 0.15) is 6.42 Å². The summed E-state index contributed by atoms with van der Waals surface area (Å²) in [6, 6.07) is 3.71. The van der Waals surface area contributed by atoms with Crippen LogP contribution < -0.4 is 10.2 Å². The van der Waals surface area contributed by atoms with Gasteiger partial charge in [0.1, 0.15) is 11.6 Å². The summed E-state index contributed by atoms with van der Waals surface area (Å²) in [7, 11) is 0. The molecule has 0 spiro atoms. The summed E-state index contributed by atoms with van der Waals surface area (Å²) < 4.78 is 41.0. The van der Waals surface area contributed by atoms with Gasteiger partial charge in [0.05, 0.1) is 23.5 Å². The van der Waals surface area contributed by atoms with Crippen LogP contribution in [0.25, 0.3) is 0 Å². The molecule has 1 aromatic heterocycles. The van der Waals surface area contributed by atoms with Crippen molar-refractivity contribution < 1.29 is 22.8 Å². The summed E-state index contributed by atoms with van der Waals surface area (Å²) in [5.74, 6) is -1.79. The van der Waals surface area contributed by atoms with Gasteiger partial charge in [-0.15, -0.1) is 10.2 Å². The molecular formula is C14H11F3N4O2S2. The Morgan fingerprint density at radius 2 is 2.16 bits per heavy atom. The Morgan fingerprint density at radius 3 is 2.84 bits per heavy atom. The minimum absolute atomic E-state index is 0.0264. The average Bonchev–Trinajstić information content (AvgIpc) is 3.00. The molecule has 1 unspecified atom stereocenters. The van der Waals surface area contributed by atoms with Crippen LogP contribution in [-0.2, 0) is 9.59 Å². The Balaban J connectivity index is 1.95. The van der Waals surface area contributed by atoms with Crippen molar-refractivity contribution in [1.29, 1.82) is 0 Å².